The Balaban J connectivity index is 1.37. The zero-order chi connectivity index (χ0) is 30.2. The number of sulfonamides is 1. The highest BCUT2D eigenvalue weighted by Gasteiger charge is 2.42. The van der Waals surface area contributed by atoms with Gasteiger partial charge in [0.2, 0.25) is 0 Å². The van der Waals surface area contributed by atoms with Crippen molar-refractivity contribution in [3.63, 3.8) is 0 Å². The molecule has 42 heavy (non-hydrogen) atoms. The number of aliphatic hydroxyl groups excluding tert-OH is 3. The number of nitrogens with zero attached hydrogens (tertiary/aromatic N) is 3. The van der Waals surface area contributed by atoms with Gasteiger partial charge >= 0.3 is 0 Å². The van der Waals surface area contributed by atoms with Crippen LogP contribution >= 0.6 is 0 Å². The van der Waals surface area contributed by atoms with Crippen LogP contribution in [0.1, 0.15) is 19.5 Å². The highest BCUT2D eigenvalue weighted by Crippen LogP contribution is 2.32. The van der Waals surface area contributed by atoms with Gasteiger partial charge in [-0.15, -0.1) is 0 Å². The van der Waals surface area contributed by atoms with Gasteiger partial charge < -0.3 is 34.3 Å². The summed E-state index contributed by atoms with van der Waals surface area (Å²) >= 11 is 0. The predicted molar refractivity (Wildman–Crippen MR) is 159 cm³/mol. The number of allylic oxidation sites excluding steroid dienone is 2. The van der Waals surface area contributed by atoms with Crippen LogP contribution in [0.25, 0.3) is 27.6 Å². The number of anilines is 1. The molecular formula is C30H36N4O7S. The Labute approximate surface area is 245 Å². The summed E-state index contributed by atoms with van der Waals surface area (Å²) in [6, 6.07) is 18.0. The maximum atomic E-state index is 13.2. The highest BCUT2D eigenvalue weighted by atomic mass is 32.2. The summed E-state index contributed by atoms with van der Waals surface area (Å²) in [5.41, 5.74) is 3.74. The van der Waals surface area contributed by atoms with Gasteiger partial charge in [0.1, 0.15) is 18.3 Å². The normalized spacial score (nSPS) is 25.7. The minimum absolute atomic E-state index is 0.244. The van der Waals surface area contributed by atoms with Gasteiger partial charge in [-0.05, 0) is 53.6 Å². The molecule has 2 saturated heterocycles. The maximum Gasteiger partial charge on any atom is 0.251 e. The fourth-order valence-corrected chi connectivity index (χ4v) is 6.72. The van der Waals surface area contributed by atoms with Crippen LogP contribution in [-0.2, 0) is 26.5 Å². The number of nitrogens with one attached hydrogen (secondary N) is 1. The molecule has 5 rings (SSSR count). The summed E-state index contributed by atoms with van der Waals surface area (Å²) in [4.78, 5) is 1.83. The molecule has 4 N–H and O–H groups in total. The Morgan fingerprint density at radius 3 is 2.45 bits per heavy atom. The van der Waals surface area contributed by atoms with Crippen molar-refractivity contribution >= 4 is 32.1 Å². The number of aromatic nitrogens is 1. The summed E-state index contributed by atoms with van der Waals surface area (Å²) < 4.78 is 41.2. The first kappa shape index (κ1) is 30.2. The van der Waals surface area contributed by atoms with Crippen molar-refractivity contribution in [2.45, 2.75) is 38.4 Å². The third-order valence-electron chi connectivity index (χ3n) is 8.22. The van der Waals surface area contributed by atoms with Crippen molar-refractivity contribution in [2.75, 3.05) is 37.7 Å². The lowest BCUT2D eigenvalue weighted by Gasteiger charge is -2.39. The monoisotopic (exact) mass is 596 g/mol. The predicted octanol–water partition coefficient (Wildman–Crippen LogP) is 1.93. The van der Waals surface area contributed by atoms with E-state index in [0.29, 0.717) is 5.69 Å². The Bertz CT molecular complexity index is 1640. The lowest BCUT2D eigenvalue weighted by Crippen LogP contribution is -2.56. The molecule has 3 heterocycles. The number of rotatable bonds is 7. The molecule has 0 radical (unpaired) electrons. The van der Waals surface area contributed by atoms with Crippen LogP contribution in [-0.4, -0.2) is 85.8 Å². The summed E-state index contributed by atoms with van der Waals surface area (Å²) in [5, 5.41) is 42.4. The second-order valence-electron chi connectivity index (χ2n) is 10.8. The van der Waals surface area contributed by atoms with E-state index in [4.69, 9.17) is 9.47 Å². The fourth-order valence-electron chi connectivity index (χ4n) is 5.57. The largest absolute Gasteiger partial charge is 0.390 e. The Kier molecular flexibility index (Phi) is 8.73. The first-order valence-electron chi connectivity index (χ1n) is 13.8. The van der Waals surface area contributed by atoms with Crippen molar-refractivity contribution in [2.24, 2.45) is 13.0 Å². The fraction of sp³-hybridized carbons (Fsp3) is 0.433. The van der Waals surface area contributed by atoms with E-state index < -0.39 is 52.0 Å². The first-order valence-corrected chi connectivity index (χ1v) is 15.3. The van der Waals surface area contributed by atoms with Crippen LogP contribution < -0.4 is 9.62 Å². The summed E-state index contributed by atoms with van der Waals surface area (Å²) in [6.45, 7) is 5.79. The van der Waals surface area contributed by atoms with Crippen molar-refractivity contribution in [3.8, 4) is 17.3 Å². The van der Waals surface area contributed by atoms with Crippen LogP contribution in [0.2, 0.25) is 0 Å². The number of ether oxygens (including phenoxy) is 2. The number of hydrogen-bond donors (Lipinski definition) is 4. The molecule has 11 nitrogen and oxygen atoms in total. The molecule has 12 heteroatoms. The standard InChI is InChI=1S/C30H36N4O7S/c1-18(27(16-31)42(38,39)32-17-26-29(36)28(35)19(2)30(37)41-26)24-8-9-25(33(24)3)22-5-4-21-15-23(7-6-20(21)14-22)34-10-12-40-13-11-34/h4-9,14-15,19,26,28-30,32,35-37H,10-13,17H2,1-3H3/b27-18+/t19-,26-,28-,29-,30?/m1/s1. The van der Waals surface area contributed by atoms with Gasteiger partial charge in [-0.3, -0.25) is 0 Å². The van der Waals surface area contributed by atoms with Gasteiger partial charge in [-0.25, -0.2) is 13.1 Å². The molecule has 1 unspecified atom stereocenters. The lowest BCUT2D eigenvalue weighted by atomic mass is 9.92. The number of fused-ring (bicyclic) bond motifs is 1. The first-order chi connectivity index (χ1) is 20.0. The SMILES string of the molecule is C/C(=C(/C#N)S(=O)(=O)NC[C@H]1OC(O)[C@H](C)[C@@H](O)[C@@H]1O)c1ccc(-c2ccc3cc(N4CCOCC4)ccc3c2)n1C. The molecule has 1 aromatic heterocycles. The molecule has 0 aliphatic carbocycles. The van der Waals surface area contributed by atoms with Crippen LogP contribution in [0.15, 0.2) is 53.4 Å². The number of morpholine rings is 1. The van der Waals surface area contributed by atoms with Crippen molar-refractivity contribution in [1.82, 2.24) is 9.29 Å². The highest BCUT2D eigenvalue weighted by molar-refractivity contribution is 7.93. The Morgan fingerprint density at radius 2 is 1.74 bits per heavy atom. The smallest absolute Gasteiger partial charge is 0.251 e. The van der Waals surface area contributed by atoms with Crippen LogP contribution in [0.4, 0.5) is 5.69 Å². The van der Waals surface area contributed by atoms with Crippen LogP contribution in [0, 0.1) is 17.2 Å². The van der Waals surface area contributed by atoms with Gasteiger partial charge in [0.15, 0.2) is 11.2 Å². The summed E-state index contributed by atoms with van der Waals surface area (Å²) in [5.74, 6) is -0.744. The average molecular weight is 597 g/mol. The van der Waals surface area contributed by atoms with Crippen LogP contribution in [0.3, 0.4) is 0 Å². The molecule has 5 atom stereocenters. The third-order valence-corrected chi connectivity index (χ3v) is 9.70. The number of nitriles is 1. The summed E-state index contributed by atoms with van der Waals surface area (Å²) in [6.07, 6.45) is -5.26. The second-order valence-corrected chi connectivity index (χ2v) is 12.5. The van der Waals surface area contributed by atoms with Crippen molar-refractivity contribution in [3.05, 3.63) is 59.1 Å². The van der Waals surface area contributed by atoms with E-state index in [1.807, 2.05) is 23.7 Å². The Hall–Kier alpha value is -3.28. The van der Waals surface area contributed by atoms with E-state index in [0.717, 1.165) is 54.0 Å². The quantitative estimate of drug-likeness (QED) is 0.299. The summed E-state index contributed by atoms with van der Waals surface area (Å²) in [7, 11) is -2.51. The molecule has 2 fully saturated rings. The molecule has 224 valence electrons. The lowest BCUT2D eigenvalue weighted by molar-refractivity contribution is -0.257. The molecule has 0 amide bonds. The number of aliphatic hydroxyl groups is 3. The van der Waals surface area contributed by atoms with Gasteiger partial charge in [0, 0.05) is 55.2 Å². The molecule has 3 aromatic rings. The molecule has 0 saturated carbocycles. The molecule has 2 aliphatic heterocycles. The topological polar surface area (TPSA) is 157 Å². The van der Waals surface area contributed by atoms with Crippen molar-refractivity contribution in [1.29, 1.82) is 5.26 Å². The van der Waals surface area contributed by atoms with E-state index >= 15 is 0 Å². The van der Waals surface area contributed by atoms with Crippen LogP contribution in [0.5, 0.6) is 0 Å². The van der Waals surface area contributed by atoms with Gasteiger partial charge in [-0.2, -0.15) is 5.26 Å². The second kappa shape index (κ2) is 12.1. The van der Waals surface area contributed by atoms with E-state index in [1.54, 1.807) is 19.1 Å². The molecule has 2 aliphatic rings. The Morgan fingerprint density at radius 1 is 1.05 bits per heavy atom. The molecular weight excluding hydrogens is 560 g/mol. The number of benzene rings is 2. The minimum atomic E-state index is -4.32. The zero-order valence-corrected chi connectivity index (χ0v) is 24.6. The van der Waals surface area contributed by atoms with E-state index in [1.165, 1.54) is 6.92 Å². The molecule has 0 bridgehead atoms. The van der Waals surface area contributed by atoms with E-state index in [-0.39, 0.29) is 5.57 Å². The molecule has 2 aromatic carbocycles. The van der Waals surface area contributed by atoms with Crippen molar-refractivity contribution < 1.29 is 33.2 Å². The number of hydrogen-bond acceptors (Lipinski definition) is 9. The van der Waals surface area contributed by atoms with Gasteiger partial charge in [-0.1, -0.05) is 25.1 Å². The van der Waals surface area contributed by atoms with Gasteiger partial charge in [0.25, 0.3) is 10.0 Å². The minimum Gasteiger partial charge on any atom is -0.390 e. The molecule has 0 spiro atoms. The third kappa shape index (κ3) is 5.82. The van der Waals surface area contributed by atoms with Gasteiger partial charge in [0.05, 0.1) is 19.3 Å². The van der Waals surface area contributed by atoms with E-state index in [2.05, 4.69) is 40.0 Å². The maximum absolute atomic E-state index is 13.2. The average Bonchev–Trinajstić information content (AvgIpc) is 3.38. The zero-order valence-electron chi connectivity index (χ0n) is 23.8. The van der Waals surface area contributed by atoms with E-state index in [9.17, 15) is 29.0 Å².